The molecule has 2 saturated heterocycles. The number of para-hydroxylation sites is 2. The van der Waals surface area contributed by atoms with Gasteiger partial charge in [0.2, 0.25) is 0 Å². The lowest BCUT2D eigenvalue weighted by molar-refractivity contribution is -0.107. The van der Waals surface area contributed by atoms with Crippen LogP contribution in [0.1, 0.15) is 83.1 Å². The molecule has 0 unspecified atom stereocenters. The average molecular weight is 1750 g/mol. The highest BCUT2D eigenvalue weighted by molar-refractivity contribution is 14.1. The van der Waals surface area contributed by atoms with Crippen LogP contribution in [0.25, 0.3) is 55.0 Å². The number of alkyl halides is 2. The smallest absolute Gasteiger partial charge is 0.411 e. The van der Waals surface area contributed by atoms with Crippen molar-refractivity contribution in [2.75, 3.05) is 9.86 Å². The maximum absolute atomic E-state index is 9.10. The number of aliphatic hydroxyl groups is 2. The van der Waals surface area contributed by atoms with Crippen LogP contribution >= 0.6 is 61.1 Å². The Balaban J connectivity index is 0.000000170. The second-order valence-corrected chi connectivity index (χ2v) is 38.8. The number of nitrogens with zero attached hydrogens (tertiary/aromatic N) is 2. The minimum Gasteiger partial charge on any atom is -0.411 e. The van der Waals surface area contributed by atoms with Gasteiger partial charge in [-0.25, -0.2) is 0 Å². The first kappa shape index (κ1) is 81.6. The molecule has 8 nitrogen and oxygen atoms in total. The zero-order chi connectivity index (χ0) is 77.5. The Kier molecular flexibility index (Phi) is 25.7. The average Bonchev–Trinajstić information content (AvgIpc) is 1.36. The van der Waals surface area contributed by atoms with Crippen LogP contribution < -0.4 is 47.0 Å². The van der Waals surface area contributed by atoms with Gasteiger partial charge in [-0.15, -0.1) is 0 Å². The van der Waals surface area contributed by atoms with Crippen LogP contribution in [0.15, 0.2) is 320 Å². The Hall–Kier alpha value is -7.43. The molecule has 548 valence electrons. The summed E-state index contributed by atoms with van der Waals surface area (Å²) in [6.07, 6.45) is 0. The van der Waals surface area contributed by atoms with Crippen molar-refractivity contribution in [3.8, 4) is 11.4 Å². The van der Waals surface area contributed by atoms with Gasteiger partial charge in [0.1, 0.15) is 7.74 Å². The number of halogens is 3. The Bertz CT molecular complexity index is 5040. The Morgan fingerprint density at radius 1 is 0.324 bits per heavy atom. The highest BCUT2D eigenvalue weighted by Gasteiger charge is 2.52. The standard InChI is InChI=1S/C42H38BNO2Si.C36H26BrNSi.C6H12B2O2.C6H14O2.2CH3I/c1-41(2)42(3,4)46-43(45-41)31-24-26-32(27-25-31)44-39-23-15-14-22-37(39)38-30-36(28-29-40(38)44)47(33-16-8-5-9-17-33,34-18-10-6-11-19-34)35-20-12-7-13-21-35;37-27-20-22-28(23-21-27)38-35-19-11-10-18-33(35)34-26-32(24-25-36(34)38)39(29-12-4-1-5-13-29,30-14-6-2-7-15-30)31-16-8-3-9-17-31;1-5(2)6(3,4)10-8(7)9-5;1-5(2,7)6(3,4)8;2*1-2/h5-30H,1-4H3;1-26H;1-4H3;7-8H,1-4H3;2*1H3. The molecule has 0 aliphatic carbocycles. The number of hydrogen-bond acceptors (Lipinski definition) is 6. The van der Waals surface area contributed by atoms with Gasteiger partial charge in [-0.3, -0.25) is 0 Å². The molecule has 16 heteroatoms. The molecular formula is C92H96B3BrI2N2O6Si2. The fraction of sp³-hybridized carbons (Fsp3) is 0.217. The maximum atomic E-state index is 9.10. The van der Waals surface area contributed by atoms with Gasteiger partial charge in [-0.05, 0) is 201 Å². The summed E-state index contributed by atoms with van der Waals surface area (Å²) in [5, 5.41) is 34.3. The quantitative estimate of drug-likeness (QED) is 0.0549. The van der Waals surface area contributed by atoms with Crippen LogP contribution in [-0.2, 0) is 18.6 Å². The predicted octanol–water partition coefficient (Wildman–Crippen LogP) is 16.8. The predicted molar refractivity (Wildman–Crippen MR) is 487 cm³/mol. The van der Waals surface area contributed by atoms with Crippen molar-refractivity contribution in [1.82, 2.24) is 9.13 Å². The van der Waals surface area contributed by atoms with E-state index in [1.165, 1.54) is 85.1 Å². The molecule has 2 fully saturated rings. The van der Waals surface area contributed by atoms with E-state index in [2.05, 4.69) is 413 Å². The molecule has 0 amide bonds. The van der Waals surface area contributed by atoms with Crippen LogP contribution in [0.3, 0.4) is 0 Å². The maximum Gasteiger partial charge on any atom is 0.494 e. The second kappa shape index (κ2) is 34.0. The second-order valence-electron chi connectivity index (χ2n) is 30.3. The van der Waals surface area contributed by atoms with E-state index in [0.717, 1.165) is 21.3 Å². The third kappa shape index (κ3) is 16.3. The Morgan fingerprint density at radius 3 is 0.843 bits per heavy atom. The number of aromatic nitrogens is 2. The molecule has 0 spiro atoms. The number of rotatable bonds is 12. The molecule has 16 rings (SSSR count). The van der Waals surface area contributed by atoms with Crippen molar-refractivity contribution < 1.29 is 28.8 Å². The minimum absolute atomic E-state index is 0.285. The Morgan fingerprint density at radius 2 is 0.574 bits per heavy atom. The third-order valence-corrected chi connectivity index (χ3v) is 32.1. The zero-order valence-corrected chi connectivity index (χ0v) is 72.2. The third-order valence-electron chi connectivity index (χ3n) is 22.0. The van der Waals surface area contributed by atoms with Gasteiger partial charge in [0.05, 0.1) is 55.7 Å². The first-order valence-corrected chi connectivity index (χ1v) is 45.7. The fourth-order valence-corrected chi connectivity index (χ4v) is 24.1. The molecule has 108 heavy (non-hydrogen) atoms. The molecule has 2 aliphatic rings. The SMILES string of the molecule is Brc1ccc(-n2c3ccccc3c3cc([Si](c4ccccc4)(c4ccccc4)c4ccccc4)ccc32)cc1.CC(C)(O)C(C)(C)O.CC1(C)OB(c2ccc(-n3c4ccccc4c4cc([Si](c5ccccc5)(c5ccccc5)c5ccccc5)ccc43)cc2)OC1(C)C.CI.CI.[B]B1OC(C)(C)C(C)(C)O1. The van der Waals surface area contributed by atoms with Crippen LogP contribution in [0, 0.1) is 0 Å². The molecule has 12 aromatic carbocycles. The van der Waals surface area contributed by atoms with E-state index < -0.39 is 34.4 Å². The van der Waals surface area contributed by atoms with Crippen molar-refractivity contribution in [1.29, 1.82) is 0 Å². The summed E-state index contributed by atoms with van der Waals surface area (Å²) in [4.78, 5) is 3.94. The lowest BCUT2D eigenvalue weighted by Crippen LogP contribution is -2.74. The lowest BCUT2D eigenvalue weighted by atomic mass is 9.63. The molecule has 14 aromatic rings. The van der Waals surface area contributed by atoms with Gasteiger partial charge >= 0.3 is 14.1 Å². The van der Waals surface area contributed by atoms with Crippen molar-refractivity contribution in [3.63, 3.8) is 0 Å². The van der Waals surface area contributed by atoms with E-state index in [0.29, 0.717) is 0 Å². The van der Waals surface area contributed by atoms with Crippen molar-refractivity contribution in [3.05, 3.63) is 320 Å². The molecule has 4 heterocycles. The van der Waals surface area contributed by atoms with Crippen molar-refractivity contribution in [2.45, 2.75) is 117 Å². The number of benzene rings is 12. The van der Waals surface area contributed by atoms with E-state index in [1.54, 1.807) is 27.7 Å². The summed E-state index contributed by atoms with van der Waals surface area (Å²) in [5.74, 6) is 0. The van der Waals surface area contributed by atoms with Gasteiger partial charge in [0.15, 0.2) is 16.1 Å². The summed E-state index contributed by atoms with van der Waals surface area (Å²) < 4.78 is 29.2. The molecule has 2 radical (unpaired) electrons. The first-order valence-electron chi connectivity index (χ1n) is 36.6. The summed E-state index contributed by atoms with van der Waals surface area (Å²) in [5.41, 5.74) is 4.79. The first-order chi connectivity index (χ1) is 51.7. The number of fused-ring (bicyclic) bond motifs is 6. The van der Waals surface area contributed by atoms with E-state index in [9.17, 15) is 0 Å². The van der Waals surface area contributed by atoms with Crippen LogP contribution in [0.4, 0.5) is 0 Å². The van der Waals surface area contributed by atoms with E-state index in [4.69, 9.17) is 36.6 Å². The molecule has 0 bridgehead atoms. The largest absolute Gasteiger partial charge is 0.494 e. The fourth-order valence-electron chi connectivity index (χ4n) is 14.3. The highest BCUT2D eigenvalue weighted by atomic mass is 127. The van der Waals surface area contributed by atoms with Crippen LogP contribution in [0.2, 0.25) is 0 Å². The van der Waals surface area contributed by atoms with E-state index >= 15 is 0 Å². The summed E-state index contributed by atoms with van der Waals surface area (Å²) in [6, 6.07) is 116. The molecule has 2 aliphatic heterocycles. The molecule has 0 atom stereocenters. The molecule has 2 N–H and O–H groups in total. The van der Waals surface area contributed by atoms with Crippen LogP contribution in [-0.4, -0.2) is 101 Å². The Labute approximate surface area is 679 Å². The summed E-state index contributed by atoms with van der Waals surface area (Å²) in [7, 11) is -0.766. The van der Waals surface area contributed by atoms with Gasteiger partial charge in [0, 0.05) is 37.4 Å². The summed E-state index contributed by atoms with van der Waals surface area (Å²) in [6.45, 7) is 22.6. The highest BCUT2D eigenvalue weighted by Crippen LogP contribution is 2.39. The molecular weight excluding hydrogens is 1650 g/mol. The van der Waals surface area contributed by atoms with Gasteiger partial charge in [-0.1, -0.05) is 316 Å². The van der Waals surface area contributed by atoms with E-state index in [1.807, 2.05) is 37.6 Å². The minimum atomic E-state index is -2.66. The monoisotopic (exact) mass is 1750 g/mol. The topological polar surface area (TPSA) is 87.2 Å². The molecule has 2 aromatic heterocycles. The summed E-state index contributed by atoms with van der Waals surface area (Å²) >= 11 is 7.90. The van der Waals surface area contributed by atoms with Gasteiger partial charge < -0.3 is 38.0 Å². The van der Waals surface area contributed by atoms with Gasteiger partial charge in [-0.2, -0.15) is 0 Å². The number of hydrogen-bond donors (Lipinski definition) is 2. The lowest BCUT2D eigenvalue weighted by Gasteiger charge is -2.34. The molecule has 0 saturated carbocycles. The normalized spacial score (nSPS) is 15.0. The van der Waals surface area contributed by atoms with Gasteiger partial charge in [0.25, 0.3) is 0 Å². The zero-order valence-electron chi connectivity index (χ0n) is 64.3. The van der Waals surface area contributed by atoms with E-state index in [-0.39, 0.29) is 29.5 Å². The van der Waals surface area contributed by atoms with Crippen molar-refractivity contribution in [2.24, 2.45) is 0 Å². The van der Waals surface area contributed by atoms with Crippen molar-refractivity contribution >= 4 is 190 Å². The van der Waals surface area contributed by atoms with Crippen LogP contribution in [0.5, 0.6) is 0 Å².